The molecule has 2 aliphatic rings. The number of likely N-dealkylation sites (tertiary alicyclic amines) is 1. The van der Waals surface area contributed by atoms with Crippen molar-refractivity contribution in [3.63, 3.8) is 0 Å². The fourth-order valence-electron chi connectivity index (χ4n) is 4.19. The highest BCUT2D eigenvalue weighted by atomic mass is 32.1. The first-order valence-corrected chi connectivity index (χ1v) is 10.6. The zero-order chi connectivity index (χ0) is 19.0. The van der Waals surface area contributed by atoms with E-state index in [2.05, 4.69) is 42.6 Å². The van der Waals surface area contributed by atoms with Crippen molar-refractivity contribution in [3.8, 4) is 10.4 Å². The molecule has 2 N–H and O–H groups in total. The molecule has 1 aromatic carbocycles. The van der Waals surface area contributed by atoms with Crippen molar-refractivity contribution in [3.05, 3.63) is 47.3 Å². The van der Waals surface area contributed by atoms with Crippen LogP contribution in [0, 0.1) is 17.3 Å². The molecular weight excluding hydrogens is 356 g/mol. The Morgan fingerprint density at radius 1 is 1.19 bits per heavy atom. The largest absolute Gasteiger partial charge is 0.369 e. The van der Waals surface area contributed by atoms with Gasteiger partial charge >= 0.3 is 0 Å². The monoisotopic (exact) mass is 382 g/mol. The van der Waals surface area contributed by atoms with Crippen molar-refractivity contribution < 1.29 is 9.59 Å². The van der Waals surface area contributed by atoms with Crippen molar-refractivity contribution >= 4 is 23.2 Å². The van der Waals surface area contributed by atoms with E-state index in [1.807, 2.05) is 11.0 Å². The lowest BCUT2D eigenvalue weighted by atomic mass is 9.73. The average molecular weight is 383 g/mol. The van der Waals surface area contributed by atoms with E-state index < -0.39 is 5.41 Å². The molecule has 5 heteroatoms. The molecule has 4 nitrogen and oxygen atoms in total. The lowest BCUT2D eigenvalue weighted by Crippen LogP contribution is -2.50. The van der Waals surface area contributed by atoms with E-state index in [0.717, 1.165) is 12.0 Å². The first kappa shape index (κ1) is 18.2. The molecule has 4 rings (SSSR count). The van der Waals surface area contributed by atoms with Gasteiger partial charge in [0.05, 0.1) is 5.41 Å². The second-order valence-corrected chi connectivity index (χ2v) is 9.09. The van der Waals surface area contributed by atoms with E-state index in [1.165, 1.54) is 10.4 Å². The topological polar surface area (TPSA) is 63.4 Å². The molecule has 2 aromatic rings. The summed E-state index contributed by atoms with van der Waals surface area (Å²) in [6.45, 7) is 3.40. The number of benzene rings is 1. The van der Waals surface area contributed by atoms with Gasteiger partial charge in [0.2, 0.25) is 11.8 Å². The van der Waals surface area contributed by atoms with E-state index in [9.17, 15) is 9.59 Å². The zero-order valence-corrected chi connectivity index (χ0v) is 16.5. The van der Waals surface area contributed by atoms with E-state index in [0.29, 0.717) is 38.3 Å². The van der Waals surface area contributed by atoms with Crippen LogP contribution >= 0.6 is 11.3 Å². The van der Waals surface area contributed by atoms with Gasteiger partial charge in [0.25, 0.3) is 0 Å². The van der Waals surface area contributed by atoms with Crippen LogP contribution in [0.2, 0.25) is 0 Å². The summed E-state index contributed by atoms with van der Waals surface area (Å²) in [6.07, 6.45) is 2.96. The number of hydrogen-bond acceptors (Lipinski definition) is 3. The number of hydrogen-bond donors (Lipinski definition) is 1. The van der Waals surface area contributed by atoms with Gasteiger partial charge in [-0.1, -0.05) is 37.3 Å². The third kappa shape index (κ3) is 3.65. The fraction of sp³-hybridized carbons (Fsp3) is 0.455. The van der Waals surface area contributed by atoms with Gasteiger partial charge in [0.1, 0.15) is 0 Å². The smallest absolute Gasteiger partial charge is 0.225 e. The highest BCUT2D eigenvalue weighted by molar-refractivity contribution is 7.13. The van der Waals surface area contributed by atoms with Gasteiger partial charge in [0, 0.05) is 23.9 Å². The van der Waals surface area contributed by atoms with Gasteiger partial charge in [-0.3, -0.25) is 9.59 Å². The predicted molar refractivity (Wildman–Crippen MR) is 108 cm³/mol. The van der Waals surface area contributed by atoms with Crippen LogP contribution in [-0.4, -0.2) is 29.8 Å². The van der Waals surface area contributed by atoms with Crippen LogP contribution in [0.3, 0.4) is 0 Å². The van der Waals surface area contributed by atoms with Crippen molar-refractivity contribution in [2.45, 2.75) is 32.6 Å². The van der Waals surface area contributed by atoms with Crippen molar-refractivity contribution in [2.75, 3.05) is 13.1 Å². The molecule has 1 aromatic heterocycles. The van der Waals surface area contributed by atoms with E-state index in [1.54, 1.807) is 11.3 Å². The van der Waals surface area contributed by atoms with Gasteiger partial charge in [-0.2, -0.15) is 0 Å². The number of rotatable bonds is 5. The van der Waals surface area contributed by atoms with Crippen LogP contribution in [-0.2, 0) is 16.0 Å². The van der Waals surface area contributed by atoms with Crippen molar-refractivity contribution in [1.29, 1.82) is 0 Å². The molecule has 0 bridgehead atoms. The molecule has 2 atom stereocenters. The Morgan fingerprint density at radius 3 is 2.37 bits per heavy atom. The molecule has 1 saturated heterocycles. The molecule has 142 valence electrons. The maximum absolute atomic E-state index is 12.5. The molecular formula is C22H26N2O2S. The van der Waals surface area contributed by atoms with Crippen LogP contribution in [0.5, 0.6) is 0 Å². The van der Waals surface area contributed by atoms with Crippen LogP contribution in [0.1, 0.15) is 31.7 Å². The zero-order valence-electron chi connectivity index (χ0n) is 15.7. The molecule has 0 radical (unpaired) electrons. The third-order valence-corrected chi connectivity index (χ3v) is 7.20. The van der Waals surface area contributed by atoms with Gasteiger partial charge in [-0.05, 0) is 54.2 Å². The molecule has 0 spiro atoms. The highest BCUT2D eigenvalue weighted by Gasteiger charge is 2.45. The minimum Gasteiger partial charge on any atom is -0.369 e. The first-order chi connectivity index (χ1) is 13.0. The SMILES string of the molecule is C[C@@H]1C[C@@H]1C(=O)N1CCC(Cc2ccc(-c3cccs3)cc2)(C(N)=O)CC1. The van der Waals surface area contributed by atoms with Gasteiger partial charge in [-0.25, -0.2) is 0 Å². The Kier molecular flexibility index (Phi) is 4.81. The van der Waals surface area contributed by atoms with E-state index in [4.69, 9.17) is 5.73 Å². The number of amides is 2. The molecule has 0 unspecified atom stereocenters. The maximum Gasteiger partial charge on any atom is 0.225 e. The molecule has 2 amide bonds. The van der Waals surface area contributed by atoms with Gasteiger partial charge in [-0.15, -0.1) is 11.3 Å². The van der Waals surface area contributed by atoms with Crippen LogP contribution in [0.15, 0.2) is 41.8 Å². The van der Waals surface area contributed by atoms with Gasteiger partial charge in [0.15, 0.2) is 0 Å². The number of carbonyl (C=O) groups excluding carboxylic acids is 2. The molecule has 1 saturated carbocycles. The normalized spacial score (nSPS) is 23.8. The predicted octanol–water partition coefficient (Wildman–Crippen LogP) is 3.71. The van der Waals surface area contributed by atoms with E-state index in [-0.39, 0.29) is 17.7 Å². The van der Waals surface area contributed by atoms with Crippen molar-refractivity contribution in [1.82, 2.24) is 4.90 Å². The number of carbonyl (C=O) groups is 2. The molecule has 27 heavy (non-hydrogen) atoms. The fourth-order valence-corrected chi connectivity index (χ4v) is 4.92. The second kappa shape index (κ2) is 7.12. The second-order valence-electron chi connectivity index (χ2n) is 8.14. The summed E-state index contributed by atoms with van der Waals surface area (Å²) in [5.41, 5.74) is 7.61. The summed E-state index contributed by atoms with van der Waals surface area (Å²) < 4.78 is 0. The number of nitrogens with zero attached hydrogens (tertiary/aromatic N) is 1. The average Bonchev–Trinajstić information content (AvgIpc) is 3.17. The number of thiophene rings is 1. The Labute approximate surface area is 164 Å². The number of primary amides is 1. The Bertz CT molecular complexity index is 821. The molecule has 1 aliphatic carbocycles. The van der Waals surface area contributed by atoms with Crippen molar-refractivity contribution in [2.24, 2.45) is 23.0 Å². The maximum atomic E-state index is 12.5. The lowest BCUT2D eigenvalue weighted by molar-refractivity contribution is -0.140. The summed E-state index contributed by atoms with van der Waals surface area (Å²) in [6, 6.07) is 12.6. The molecule has 2 heterocycles. The summed E-state index contributed by atoms with van der Waals surface area (Å²) in [4.78, 5) is 28.0. The third-order valence-electron chi connectivity index (χ3n) is 6.28. The summed E-state index contributed by atoms with van der Waals surface area (Å²) in [5, 5.41) is 2.07. The number of piperidine rings is 1. The minimum absolute atomic E-state index is 0.205. The summed E-state index contributed by atoms with van der Waals surface area (Å²) in [7, 11) is 0. The van der Waals surface area contributed by atoms with Crippen LogP contribution < -0.4 is 5.73 Å². The minimum atomic E-state index is -0.545. The quantitative estimate of drug-likeness (QED) is 0.857. The Balaban J connectivity index is 1.44. The van der Waals surface area contributed by atoms with Crippen LogP contribution in [0.4, 0.5) is 0 Å². The molecule has 2 fully saturated rings. The summed E-state index contributed by atoms with van der Waals surface area (Å²) in [5.74, 6) is 0.746. The first-order valence-electron chi connectivity index (χ1n) is 9.70. The lowest BCUT2D eigenvalue weighted by Gasteiger charge is -2.40. The van der Waals surface area contributed by atoms with E-state index >= 15 is 0 Å². The van der Waals surface area contributed by atoms with Crippen LogP contribution in [0.25, 0.3) is 10.4 Å². The Hall–Kier alpha value is -2.14. The van der Waals surface area contributed by atoms with Gasteiger partial charge < -0.3 is 10.6 Å². The molecule has 1 aliphatic heterocycles. The highest BCUT2D eigenvalue weighted by Crippen LogP contribution is 2.41. The number of nitrogens with two attached hydrogens (primary N) is 1. The summed E-state index contributed by atoms with van der Waals surface area (Å²) >= 11 is 1.72. The Morgan fingerprint density at radius 2 is 1.85 bits per heavy atom. The standard InChI is InChI=1S/C22H26N2O2S/c1-15-13-18(15)20(25)24-10-8-22(9-11-24,21(23)26)14-16-4-6-17(7-5-16)19-3-2-12-27-19/h2-7,12,15,18H,8-11,13-14H2,1H3,(H2,23,26)/t15-,18+/m1/s1.